The number of methoxy groups -OCH3 is 1. The predicted octanol–water partition coefficient (Wildman–Crippen LogP) is 2.88. The Labute approximate surface area is 111 Å². The van der Waals surface area contributed by atoms with Gasteiger partial charge in [0.25, 0.3) is 0 Å². The quantitative estimate of drug-likeness (QED) is 0.477. The Bertz CT molecular complexity index is 425. The minimum atomic E-state index is -4.45. The van der Waals surface area contributed by atoms with Gasteiger partial charge in [0.15, 0.2) is 18.1 Å². The number of nitrogens with one attached hydrogen (secondary N) is 1. The molecule has 1 rings (SSSR count). The Morgan fingerprint density at radius 1 is 1.20 bits per heavy atom. The van der Waals surface area contributed by atoms with Crippen molar-refractivity contribution in [2.75, 3.05) is 13.7 Å². The van der Waals surface area contributed by atoms with Crippen molar-refractivity contribution in [2.24, 2.45) is 0 Å². The van der Waals surface area contributed by atoms with Gasteiger partial charge >= 0.3 is 12.8 Å². The molecule has 0 saturated heterocycles. The number of hydrogen-bond acceptors (Lipinski definition) is 4. The van der Waals surface area contributed by atoms with Crippen molar-refractivity contribution in [3.63, 3.8) is 0 Å². The van der Waals surface area contributed by atoms with Crippen LogP contribution in [0.15, 0.2) is 18.2 Å². The lowest BCUT2D eigenvalue weighted by Crippen LogP contribution is -2.24. The zero-order valence-electron chi connectivity index (χ0n) is 10.3. The van der Waals surface area contributed by atoms with E-state index in [2.05, 4.69) is 15.1 Å². The fourth-order valence-corrected chi connectivity index (χ4v) is 1.29. The molecule has 4 nitrogen and oxygen atoms in total. The number of benzene rings is 1. The monoisotopic (exact) mass is 301 g/mol. The molecule has 0 aliphatic heterocycles. The molecule has 0 spiro atoms. The molecule has 1 N–H and O–H groups in total. The maximum atomic E-state index is 12.2. The van der Waals surface area contributed by atoms with Gasteiger partial charge in [-0.05, 0) is 17.7 Å². The van der Waals surface area contributed by atoms with E-state index in [0.717, 1.165) is 0 Å². The molecule has 1 aromatic carbocycles. The van der Waals surface area contributed by atoms with Crippen molar-refractivity contribution in [3.8, 4) is 11.5 Å². The Hall–Kier alpha value is -1.61. The molecule has 20 heavy (non-hydrogen) atoms. The van der Waals surface area contributed by atoms with Gasteiger partial charge < -0.3 is 9.47 Å². The summed E-state index contributed by atoms with van der Waals surface area (Å²) in [4.78, 5) is 4.18. The van der Waals surface area contributed by atoms with Gasteiger partial charge in [0.1, 0.15) is 0 Å². The van der Waals surface area contributed by atoms with Crippen LogP contribution in [0.25, 0.3) is 0 Å². The Balaban J connectivity index is 2.58. The number of alkyl halides is 5. The fourth-order valence-electron chi connectivity index (χ4n) is 1.29. The maximum Gasteiger partial charge on any atom is 0.413 e. The molecule has 114 valence electrons. The van der Waals surface area contributed by atoms with Gasteiger partial charge in [0.2, 0.25) is 0 Å². The van der Waals surface area contributed by atoms with Crippen molar-refractivity contribution in [2.45, 2.75) is 19.3 Å². The molecule has 0 aliphatic carbocycles. The summed E-state index contributed by atoms with van der Waals surface area (Å²) >= 11 is 0. The third-order valence-electron chi connectivity index (χ3n) is 2.06. The number of halogens is 5. The molecule has 0 fully saturated rings. The highest BCUT2D eigenvalue weighted by Crippen LogP contribution is 2.29. The molecule has 0 aliphatic rings. The second kappa shape index (κ2) is 7.25. The molecular formula is C11H12F5NO3. The summed E-state index contributed by atoms with van der Waals surface area (Å²) < 4.78 is 68.8. The van der Waals surface area contributed by atoms with Crippen molar-refractivity contribution in [3.05, 3.63) is 23.8 Å². The maximum absolute atomic E-state index is 12.2. The lowest BCUT2D eigenvalue weighted by molar-refractivity contribution is -0.190. The van der Waals surface area contributed by atoms with E-state index in [1.165, 1.54) is 25.3 Å². The van der Waals surface area contributed by atoms with Crippen LogP contribution in [0.4, 0.5) is 22.0 Å². The van der Waals surface area contributed by atoms with Crippen molar-refractivity contribution in [1.82, 2.24) is 5.48 Å². The van der Waals surface area contributed by atoms with Gasteiger partial charge in [-0.15, -0.1) is 0 Å². The van der Waals surface area contributed by atoms with E-state index in [1.54, 1.807) is 0 Å². The SMILES string of the molecule is COc1ccc(CNOCC(F)(F)F)cc1OC(F)F. The number of hydrogen-bond donors (Lipinski definition) is 1. The van der Waals surface area contributed by atoms with Crippen LogP contribution < -0.4 is 15.0 Å². The van der Waals surface area contributed by atoms with Crippen molar-refractivity contribution < 1.29 is 36.3 Å². The lowest BCUT2D eigenvalue weighted by atomic mass is 10.2. The fraction of sp³-hybridized carbons (Fsp3) is 0.455. The van der Waals surface area contributed by atoms with E-state index in [4.69, 9.17) is 4.74 Å². The predicted molar refractivity (Wildman–Crippen MR) is 58.5 cm³/mol. The molecule has 0 bridgehead atoms. The van der Waals surface area contributed by atoms with Crippen LogP contribution in [0.1, 0.15) is 5.56 Å². The van der Waals surface area contributed by atoms with Crippen LogP contribution >= 0.6 is 0 Å². The third kappa shape index (κ3) is 6.02. The second-order valence-electron chi connectivity index (χ2n) is 3.59. The first-order valence-electron chi connectivity index (χ1n) is 5.35. The van der Waals surface area contributed by atoms with Crippen molar-refractivity contribution in [1.29, 1.82) is 0 Å². The first kappa shape index (κ1) is 16.4. The van der Waals surface area contributed by atoms with Gasteiger partial charge in [-0.1, -0.05) is 6.07 Å². The highest BCUT2D eigenvalue weighted by Gasteiger charge is 2.27. The van der Waals surface area contributed by atoms with E-state index in [1.807, 2.05) is 0 Å². The van der Waals surface area contributed by atoms with Crippen molar-refractivity contribution >= 4 is 0 Å². The first-order chi connectivity index (χ1) is 9.31. The Kier molecular flexibility index (Phi) is 5.96. The van der Waals surface area contributed by atoms with Gasteiger partial charge in [0.05, 0.1) is 7.11 Å². The molecule has 9 heteroatoms. The lowest BCUT2D eigenvalue weighted by Gasteiger charge is -2.12. The molecule has 0 aromatic heterocycles. The smallest absolute Gasteiger partial charge is 0.413 e. The van der Waals surface area contributed by atoms with Crippen LogP contribution in [-0.4, -0.2) is 26.5 Å². The largest absolute Gasteiger partial charge is 0.493 e. The summed E-state index contributed by atoms with van der Waals surface area (Å²) in [5.41, 5.74) is 2.46. The van der Waals surface area contributed by atoms with E-state index < -0.39 is 19.4 Å². The van der Waals surface area contributed by atoms with E-state index in [0.29, 0.717) is 5.56 Å². The van der Waals surface area contributed by atoms with Gasteiger partial charge in [-0.3, -0.25) is 4.84 Å². The topological polar surface area (TPSA) is 39.7 Å². The standard InChI is InChI=1S/C11H12F5NO3/c1-18-8-3-2-7(4-9(8)20-10(12)13)5-17-19-6-11(14,15)16/h2-4,10,17H,5-6H2,1H3. The van der Waals surface area contributed by atoms with Crippen LogP contribution in [-0.2, 0) is 11.4 Å². The van der Waals surface area contributed by atoms with Crippen LogP contribution in [0.3, 0.4) is 0 Å². The first-order valence-corrected chi connectivity index (χ1v) is 5.35. The molecule has 0 saturated carbocycles. The van der Waals surface area contributed by atoms with Crippen LogP contribution in [0.5, 0.6) is 11.5 Å². The molecular weight excluding hydrogens is 289 g/mol. The van der Waals surface area contributed by atoms with Gasteiger partial charge in [-0.2, -0.15) is 27.4 Å². The normalized spacial score (nSPS) is 11.8. The molecule has 0 atom stereocenters. The van der Waals surface area contributed by atoms with Gasteiger partial charge in [0, 0.05) is 6.54 Å². The summed E-state index contributed by atoms with van der Waals surface area (Å²) in [7, 11) is 1.28. The second-order valence-corrected chi connectivity index (χ2v) is 3.59. The summed E-state index contributed by atoms with van der Waals surface area (Å²) in [5, 5.41) is 0. The minimum Gasteiger partial charge on any atom is -0.493 e. The number of ether oxygens (including phenoxy) is 2. The summed E-state index contributed by atoms with van der Waals surface area (Å²) in [6.45, 7) is -4.60. The number of rotatable bonds is 7. The molecule has 0 amide bonds. The van der Waals surface area contributed by atoms with Crippen LogP contribution in [0, 0.1) is 0 Å². The minimum absolute atomic E-state index is 0.0882. The summed E-state index contributed by atoms with van der Waals surface area (Å²) in [6, 6.07) is 4.05. The number of hydroxylamine groups is 1. The molecule has 0 unspecified atom stereocenters. The Morgan fingerprint density at radius 3 is 2.45 bits per heavy atom. The summed E-state index contributed by atoms with van der Waals surface area (Å²) in [5.74, 6) is -0.122. The molecule has 0 radical (unpaired) electrons. The zero-order valence-corrected chi connectivity index (χ0v) is 10.3. The third-order valence-corrected chi connectivity index (χ3v) is 2.06. The highest BCUT2D eigenvalue weighted by atomic mass is 19.4. The molecule has 1 aromatic rings. The average Bonchev–Trinajstić information content (AvgIpc) is 2.33. The van der Waals surface area contributed by atoms with Crippen LogP contribution in [0.2, 0.25) is 0 Å². The average molecular weight is 301 g/mol. The summed E-state index contributed by atoms with van der Waals surface area (Å²) in [6.07, 6.45) is -4.45. The van der Waals surface area contributed by atoms with E-state index in [9.17, 15) is 22.0 Å². The molecule has 0 heterocycles. The zero-order chi connectivity index (χ0) is 15.2. The van der Waals surface area contributed by atoms with Gasteiger partial charge in [-0.25, -0.2) is 0 Å². The Morgan fingerprint density at radius 2 is 1.90 bits per heavy atom. The van der Waals surface area contributed by atoms with E-state index in [-0.39, 0.29) is 18.0 Å². The highest BCUT2D eigenvalue weighted by molar-refractivity contribution is 5.42. The van der Waals surface area contributed by atoms with E-state index >= 15 is 0 Å².